The molecule has 2 aromatic rings. The van der Waals surface area contributed by atoms with Crippen LogP contribution in [0.25, 0.3) is 0 Å². The Hall–Kier alpha value is -1.69. The highest BCUT2D eigenvalue weighted by Gasteiger charge is 2.49. The van der Waals surface area contributed by atoms with Crippen LogP contribution in [0.1, 0.15) is 77.1 Å². The third kappa shape index (κ3) is 3.63. The van der Waals surface area contributed by atoms with E-state index in [1.807, 2.05) is 19.1 Å². The van der Waals surface area contributed by atoms with Crippen molar-refractivity contribution in [3.05, 3.63) is 46.0 Å². The molecule has 0 spiro atoms. The molecule has 152 valence electrons. The predicted octanol–water partition coefficient (Wildman–Crippen LogP) is 5.56. The second-order valence-corrected chi connectivity index (χ2v) is 9.07. The number of ether oxygens (including phenoxy) is 1. The maximum Gasteiger partial charge on any atom is 0.321 e. The van der Waals surface area contributed by atoms with Crippen LogP contribution in [0.15, 0.2) is 33.3 Å². The number of benzene rings is 1. The molecule has 1 fully saturated rings. The van der Waals surface area contributed by atoms with Crippen LogP contribution in [0.2, 0.25) is 0 Å². The molecule has 0 N–H and O–H groups in total. The zero-order valence-corrected chi connectivity index (χ0v) is 18.7. The molecule has 1 heterocycles. The standard InChI is InChI=1S/C22H29BrN2O3/c1-5-27-20(26)22(13-7-6-8-14-22)19-24-18(25-28-19)21(4,15(2)3)16-9-11-17(23)12-10-16/h9-12,15H,5-8,13-14H2,1-4H3. The van der Waals surface area contributed by atoms with Crippen molar-refractivity contribution < 1.29 is 14.1 Å². The van der Waals surface area contributed by atoms with E-state index in [1.54, 1.807) is 0 Å². The first kappa shape index (κ1) is 21.0. The minimum Gasteiger partial charge on any atom is -0.465 e. The van der Waals surface area contributed by atoms with Gasteiger partial charge in [-0.3, -0.25) is 4.79 Å². The Kier molecular flexibility index (Phi) is 6.28. The molecule has 1 aliphatic rings. The molecule has 0 aliphatic heterocycles. The van der Waals surface area contributed by atoms with Crippen molar-refractivity contribution in [1.82, 2.24) is 10.1 Å². The topological polar surface area (TPSA) is 65.2 Å². The Morgan fingerprint density at radius 1 is 1.25 bits per heavy atom. The predicted molar refractivity (Wildman–Crippen MR) is 111 cm³/mol. The molecule has 0 radical (unpaired) electrons. The SMILES string of the molecule is CCOC(=O)C1(c2nc(C(C)(c3ccc(Br)cc3)C(C)C)no2)CCCCC1. The van der Waals surface area contributed by atoms with Crippen molar-refractivity contribution in [2.24, 2.45) is 5.92 Å². The van der Waals surface area contributed by atoms with Gasteiger partial charge in [-0.25, -0.2) is 0 Å². The van der Waals surface area contributed by atoms with Gasteiger partial charge in [-0.15, -0.1) is 0 Å². The van der Waals surface area contributed by atoms with E-state index in [1.165, 1.54) is 0 Å². The summed E-state index contributed by atoms with van der Waals surface area (Å²) >= 11 is 3.50. The normalized spacial score (nSPS) is 18.6. The van der Waals surface area contributed by atoms with Crippen LogP contribution in [0.4, 0.5) is 0 Å². The summed E-state index contributed by atoms with van der Waals surface area (Å²) in [4.78, 5) is 17.7. The number of hydrogen-bond donors (Lipinski definition) is 0. The maximum atomic E-state index is 12.9. The van der Waals surface area contributed by atoms with Gasteiger partial charge >= 0.3 is 5.97 Å². The largest absolute Gasteiger partial charge is 0.465 e. The number of carbonyl (C=O) groups is 1. The Morgan fingerprint density at radius 2 is 1.89 bits per heavy atom. The second-order valence-electron chi connectivity index (χ2n) is 8.15. The number of halogens is 1. The molecular formula is C22H29BrN2O3. The highest BCUT2D eigenvalue weighted by Crippen LogP contribution is 2.43. The summed E-state index contributed by atoms with van der Waals surface area (Å²) in [5.74, 6) is 1.03. The van der Waals surface area contributed by atoms with Gasteiger partial charge in [0.2, 0.25) is 5.89 Å². The van der Waals surface area contributed by atoms with E-state index in [-0.39, 0.29) is 11.9 Å². The van der Waals surface area contributed by atoms with E-state index in [0.717, 1.165) is 29.3 Å². The molecule has 1 aromatic carbocycles. The lowest BCUT2D eigenvalue weighted by Gasteiger charge is -2.32. The molecule has 6 heteroatoms. The lowest BCUT2D eigenvalue weighted by Crippen LogP contribution is -2.40. The molecule has 1 aromatic heterocycles. The minimum atomic E-state index is -0.808. The van der Waals surface area contributed by atoms with Crippen molar-refractivity contribution in [3.63, 3.8) is 0 Å². The van der Waals surface area contributed by atoms with Gasteiger partial charge in [-0.1, -0.05) is 66.3 Å². The molecule has 1 atom stereocenters. The fourth-order valence-electron chi connectivity index (χ4n) is 4.08. The summed E-state index contributed by atoms with van der Waals surface area (Å²) in [6, 6.07) is 8.22. The Labute approximate surface area is 175 Å². The van der Waals surface area contributed by atoms with Crippen molar-refractivity contribution >= 4 is 21.9 Å². The summed E-state index contributed by atoms with van der Waals surface area (Å²) in [6.45, 7) is 8.62. The van der Waals surface area contributed by atoms with Gasteiger partial charge in [-0.2, -0.15) is 4.98 Å². The molecule has 0 bridgehead atoms. The molecule has 1 aliphatic carbocycles. The molecule has 3 rings (SSSR count). The summed E-state index contributed by atoms with van der Waals surface area (Å²) in [5, 5.41) is 4.37. The van der Waals surface area contributed by atoms with Crippen molar-refractivity contribution in [2.45, 2.75) is 70.6 Å². The van der Waals surface area contributed by atoms with E-state index in [0.29, 0.717) is 31.2 Å². The lowest BCUT2D eigenvalue weighted by atomic mass is 9.72. The third-order valence-electron chi connectivity index (χ3n) is 6.27. The van der Waals surface area contributed by atoms with Crippen LogP contribution in [-0.2, 0) is 20.4 Å². The fourth-order valence-corrected chi connectivity index (χ4v) is 4.34. The van der Waals surface area contributed by atoms with Crippen molar-refractivity contribution in [1.29, 1.82) is 0 Å². The van der Waals surface area contributed by atoms with E-state index < -0.39 is 10.8 Å². The molecule has 1 saturated carbocycles. The monoisotopic (exact) mass is 448 g/mol. The third-order valence-corrected chi connectivity index (χ3v) is 6.80. The maximum absolute atomic E-state index is 12.9. The van der Waals surface area contributed by atoms with Crippen LogP contribution in [-0.4, -0.2) is 22.7 Å². The lowest BCUT2D eigenvalue weighted by molar-refractivity contribution is -0.152. The second kappa shape index (κ2) is 8.36. The Balaban J connectivity index is 2.04. The van der Waals surface area contributed by atoms with Gasteiger partial charge in [0.05, 0.1) is 12.0 Å². The first-order valence-corrected chi connectivity index (χ1v) is 10.9. The van der Waals surface area contributed by atoms with Crippen LogP contribution in [0, 0.1) is 5.92 Å². The smallest absolute Gasteiger partial charge is 0.321 e. The molecule has 0 saturated heterocycles. The number of carbonyl (C=O) groups excluding carboxylic acids is 1. The van der Waals surface area contributed by atoms with Crippen molar-refractivity contribution in [3.8, 4) is 0 Å². The highest BCUT2D eigenvalue weighted by atomic mass is 79.9. The van der Waals surface area contributed by atoms with Crippen LogP contribution >= 0.6 is 15.9 Å². The zero-order valence-electron chi connectivity index (χ0n) is 17.1. The molecule has 28 heavy (non-hydrogen) atoms. The number of rotatable bonds is 6. The molecule has 5 nitrogen and oxygen atoms in total. The quantitative estimate of drug-likeness (QED) is 0.541. The first-order valence-electron chi connectivity index (χ1n) is 10.1. The Morgan fingerprint density at radius 3 is 2.46 bits per heavy atom. The van der Waals surface area contributed by atoms with Gasteiger partial charge in [0.15, 0.2) is 5.82 Å². The Bertz CT molecular complexity index is 809. The zero-order chi connectivity index (χ0) is 20.4. The summed E-state index contributed by atoms with van der Waals surface area (Å²) in [6.07, 6.45) is 4.44. The highest BCUT2D eigenvalue weighted by molar-refractivity contribution is 9.10. The van der Waals surface area contributed by atoms with E-state index >= 15 is 0 Å². The van der Waals surface area contributed by atoms with Gasteiger partial charge in [0.1, 0.15) is 5.41 Å². The number of nitrogens with zero attached hydrogens (tertiary/aromatic N) is 2. The van der Waals surface area contributed by atoms with E-state index in [4.69, 9.17) is 14.2 Å². The molecule has 0 amide bonds. The summed E-state index contributed by atoms with van der Waals surface area (Å²) in [7, 11) is 0. The number of hydrogen-bond acceptors (Lipinski definition) is 5. The van der Waals surface area contributed by atoms with Crippen LogP contribution in [0.5, 0.6) is 0 Å². The van der Waals surface area contributed by atoms with E-state index in [2.05, 4.69) is 54.0 Å². The minimum absolute atomic E-state index is 0.236. The van der Waals surface area contributed by atoms with Crippen molar-refractivity contribution in [2.75, 3.05) is 6.61 Å². The molecule has 1 unspecified atom stereocenters. The first-order chi connectivity index (χ1) is 13.3. The van der Waals surface area contributed by atoms with E-state index in [9.17, 15) is 4.79 Å². The van der Waals surface area contributed by atoms with Crippen LogP contribution in [0.3, 0.4) is 0 Å². The number of esters is 1. The summed E-state index contributed by atoms with van der Waals surface area (Å²) in [5.41, 5.74) is -0.115. The average molecular weight is 449 g/mol. The van der Waals surface area contributed by atoms with Crippen LogP contribution < -0.4 is 0 Å². The van der Waals surface area contributed by atoms with Gasteiger partial charge in [-0.05, 0) is 50.3 Å². The summed E-state index contributed by atoms with van der Waals surface area (Å²) < 4.78 is 12.2. The fraction of sp³-hybridized carbons (Fsp3) is 0.591. The van der Waals surface area contributed by atoms with Gasteiger partial charge < -0.3 is 9.26 Å². The molecular weight excluding hydrogens is 420 g/mol. The van der Waals surface area contributed by atoms with Gasteiger partial charge in [0, 0.05) is 4.47 Å². The van der Waals surface area contributed by atoms with Gasteiger partial charge in [0.25, 0.3) is 0 Å². The number of aromatic nitrogens is 2. The average Bonchev–Trinajstić information content (AvgIpc) is 3.19.